The van der Waals surface area contributed by atoms with Crippen LogP contribution < -0.4 is 0 Å². The van der Waals surface area contributed by atoms with E-state index in [1.807, 2.05) is 41.5 Å². The lowest BCUT2D eigenvalue weighted by molar-refractivity contribution is -0.557. The molecule has 4 nitrogen and oxygen atoms in total. The van der Waals surface area contributed by atoms with E-state index in [0.29, 0.717) is 5.92 Å². The Morgan fingerprint density at radius 1 is 0.850 bits per heavy atom. The molecule has 0 aliphatic heterocycles. The SMILES string of the molecule is CC1CCCC(OOC(C)(C)C)(OOC(C)(C)C)C1C. The molecule has 0 aromatic heterocycles. The van der Waals surface area contributed by atoms with Crippen LogP contribution in [0.4, 0.5) is 0 Å². The van der Waals surface area contributed by atoms with Gasteiger partial charge in [-0.25, -0.2) is 9.78 Å². The standard InChI is InChI=1S/C16H32O4/c1-12-10-9-11-16(13(12)2,19-17-14(3,4)5)20-18-15(6,7)8/h12-13H,9-11H2,1-8H3. The third kappa shape index (κ3) is 5.32. The van der Waals surface area contributed by atoms with Crippen molar-refractivity contribution in [2.45, 2.75) is 91.6 Å². The molecule has 0 heterocycles. The second-order valence-electron chi connectivity index (χ2n) is 8.03. The van der Waals surface area contributed by atoms with Crippen LogP contribution >= 0.6 is 0 Å². The molecule has 0 N–H and O–H groups in total. The van der Waals surface area contributed by atoms with E-state index in [-0.39, 0.29) is 17.1 Å². The fraction of sp³-hybridized carbons (Fsp3) is 1.00. The summed E-state index contributed by atoms with van der Waals surface area (Å²) in [5.41, 5.74) is -0.753. The highest BCUT2D eigenvalue weighted by atomic mass is 17.3. The van der Waals surface area contributed by atoms with Crippen LogP contribution in [0.2, 0.25) is 0 Å². The summed E-state index contributed by atoms with van der Waals surface area (Å²) in [4.78, 5) is 22.6. The molecule has 0 radical (unpaired) electrons. The van der Waals surface area contributed by atoms with E-state index in [1.165, 1.54) is 6.42 Å². The molecule has 20 heavy (non-hydrogen) atoms. The van der Waals surface area contributed by atoms with Gasteiger partial charge >= 0.3 is 0 Å². The summed E-state index contributed by atoms with van der Waals surface area (Å²) in [6, 6.07) is 0. The summed E-state index contributed by atoms with van der Waals surface area (Å²) in [6.45, 7) is 16.1. The summed E-state index contributed by atoms with van der Waals surface area (Å²) in [6.07, 6.45) is 3.01. The predicted molar refractivity (Wildman–Crippen MR) is 78.8 cm³/mol. The van der Waals surface area contributed by atoms with E-state index in [1.54, 1.807) is 0 Å². The van der Waals surface area contributed by atoms with Gasteiger partial charge in [0.05, 0.1) is 11.2 Å². The normalized spacial score (nSPS) is 27.6. The molecular weight excluding hydrogens is 256 g/mol. The summed E-state index contributed by atoms with van der Waals surface area (Å²) in [5.74, 6) is -0.102. The van der Waals surface area contributed by atoms with Crippen molar-refractivity contribution < 1.29 is 19.6 Å². The first kappa shape index (κ1) is 17.9. The molecule has 120 valence electrons. The fourth-order valence-corrected chi connectivity index (χ4v) is 2.22. The highest BCUT2D eigenvalue weighted by Gasteiger charge is 2.48. The van der Waals surface area contributed by atoms with Crippen molar-refractivity contribution in [2.75, 3.05) is 0 Å². The van der Waals surface area contributed by atoms with E-state index < -0.39 is 5.79 Å². The lowest BCUT2D eigenvalue weighted by Gasteiger charge is -2.44. The Hall–Kier alpha value is -0.160. The second-order valence-corrected chi connectivity index (χ2v) is 8.03. The molecule has 4 heteroatoms. The molecule has 1 saturated carbocycles. The smallest absolute Gasteiger partial charge is 0.228 e. The molecule has 0 spiro atoms. The molecule has 2 atom stereocenters. The van der Waals surface area contributed by atoms with Gasteiger partial charge in [-0.05, 0) is 53.9 Å². The molecule has 2 unspecified atom stereocenters. The van der Waals surface area contributed by atoms with Gasteiger partial charge in [0.25, 0.3) is 0 Å². The van der Waals surface area contributed by atoms with Crippen molar-refractivity contribution in [3.8, 4) is 0 Å². The van der Waals surface area contributed by atoms with Gasteiger partial charge in [-0.15, -0.1) is 0 Å². The lowest BCUT2D eigenvalue weighted by Crippen LogP contribution is -2.50. The minimum absolute atomic E-state index is 0.209. The Morgan fingerprint density at radius 3 is 1.70 bits per heavy atom. The highest BCUT2D eigenvalue weighted by Crippen LogP contribution is 2.42. The molecule has 0 saturated heterocycles. The van der Waals surface area contributed by atoms with E-state index in [0.717, 1.165) is 12.8 Å². The zero-order valence-electron chi connectivity index (χ0n) is 14.4. The Morgan fingerprint density at radius 2 is 1.30 bits per heavy atom. The van der Waals surface area contributed by atoms with Gasteiger partial charge in [0.2, 0.25) is 5.79 Å². The van der Waals surface area contributed by atoms with Gasteiger partial charge in [0.1, 0.15) is 0 Å². The molecular formula is C16H32O4. The van der Waals surface area contributed by atoms with Crippen LogP contribution in [0.3, 0.4) is 0 Å². The van der Waals surface area contributed by atoms with Gasteiger partial charge in [-0.3, -0.25) is 0 Å². The second kappa shape index (κ2) is 6.30. The third-order valence-electron chi connectivity index (χ3n) is 3.60. The Bertz CT molecular complexity index is 283. The van der Waals surface area contributed by atoms with Crippen molar-refractivity contribution in [1.29, 1.82) is 0 Å². The van der Waals surface area contributed by atoms with Crippen LogP contribution in [0.1, 0.15) is 74.7 Å². The molecule has 1 aliphatic carbocycles. The van der Waals surface area contributed by atoms with Gasteiger partial charge in [-0.2, -0.15) is 9.78 Å². The lowest BCUT2D eigenvalue weighted by atomic mass is 9.77. The minimum atomic E-state index is -0.821. The predicted octanol–water partition coefficient (Wildman–Crippen LogP) is 4.63. The van der Waals surface area contributed by atoms with E-state index in [4.69, 9.17) is 19.6 Å². The van der Waals surface area contributed by atoms with Gasteiger partial charge in [0.15, 0.2) is 0 Å². The van der Waals surface area contributed by atoms with Crippen molar-refractivity contribution >= 4 is 0 Å². The first-order valence-electron chi connectivity index (χ1n) is 7.69. The Labute approximate surface area is 124 Å². The number of hydrogen-bond acceptors (Lipinski definition) is 4. The Kier molecular flexibility index (Phi) is 5.64. The van der Waals surface area contributed by atoms with E-state index in [9.17, 15) is 0 Å². The maximum absolute atomic E-state index is 5.77. The maximum Gasteiger partial charge on any atom is 0.236 e. The topological polar surface area (TPSA) is 36.9 Å². The van der Waals surface area contributed by atoms with Gasteiger partial charge in [-0.1, -0.05) is 20.3 Å². The number of hydrogen-bond donors (Lipinski definition) is 0. The molecule has 1 fully saturated rings. The largest absolute Gasteiger partial charge is 0.236 e. The number of rotatable bonds is 4. The van der Waals surface area contributed by atoms with Crippen LogP contribution in [0, 0.1) is 11.8 Å². The summed E-state index contributed by atoms with van der Waals surface area (Å²) < 4.78 is 0. The molecule has 1 aliphatic rings. The minimum Gasteiger partial charge on any atom is -0.228 e. The van der Waals surface area contributed by atoms with Crippen molar-refractivity contribution in [1.82, 2.24) is 0 Å². The Balaban J connectivity index is 2.81. The van der Waals surface area contributed by atoms with Crippen LogP contribution in [0.15, 0.2) is 0 Å². The van der Waals surface area contributed by atoms with Crippen LogP contribution in [-0.2, 0) is 19.6 Å². The molecule has 0 bridgehead atoms. The zero-order valence-corrected chi connectivity index (χ0v) is 14.4. The summed E-state index contributed by atoms with van der Waals surface area (Å²) in [5, 5.41) is 0. The third-order valence-corrected chi connectivity index (χ3v) is 3.60. The molecule has 1 rings (SSSR count). The quantitative estimate of drug-likeness (QED) is 0.429. The highest BCUT2D eigenvalue weighted by molar-refractivity contribution is 4.84. The maximum atomic E-state index is 5.77. The first-order chi connectivity index (χ1) is 8.95. The average molecular weight is 288 g/mol. The average Bonchev–Trinajstić information content (AvgIpc) is 2.28. The summed E-state index contributed by atoms with van der Waals surface area (Å²) >= 11 is 0. The molecule has 0 amide bonds. The van der Waals surface area contributed by atoms with Crippen LogP contribution in [0.5, 0.6) is 0 Å². The van der Waals surface area contributed by atoms with E-state index in [2.05, 4.69) is 13.8 Å². The van der Waals surface area contributed by atoms with Gasteiger partial charge < -0.3 is 0 Å². The summed E-state index contributed by atoms with van der Waals surface area (Å²) in [7, 11) is 0. The molecule has 0 aromatic rings. The zero-order chi connectivity index (χ0) is 15.6. The first-order valence-corrected chi connectivity index (χ1v) is 7.69. The molecule has 0 aromatic carbocycles. The van der Waals surface area contributed by atoms with Crippen LogP contribution in [-0.4, -0.2) is 17.0 Å². The van der Waals surface area contributed by atoms with Gasteiger partial charge in [0, 0.05) is 12.3 Å². The fourth-order valence-electron chi connectivity index (χ4n) is 2.22. The monoisotopic (exact) mass is 288 g/mol. The van der Waals surface area contributed by atoms with E-state index >= 15 is 0 Å². The van der Waals surface area contributed by atoms with Crippen LogP contribution in [0.25, 0.3) is 0 Å². The van der Waals surface area contributed by atoms with Crippen molar-refractivity contribution in [2.24, 2.45) is 11.8 Å². The van der Waals surface area contributed by atoms with Crippen molar-refractivity contribution in [3.05, 3.63) is 0 Å². The van der Waals surface area contributed by atoms with Crippen molar-refractivity contribution in [3.63, 3.8) is 0 Å².